The smallest absolute Gasteiger partial charge is 0.240 e. The normalized spacial score (nSPS) is 22.6. The molecule has 1 aromatic rings. The van der Waals surface area contributed by atoms with Gasteiger partial charge in [0.25, 0.3) is 0 Å². The monoisotopic (exact) mass is 332 g/mol. The summed E-state index contributed by atoms with van der Waals surface area (Å²) in [5, 5.41) is 13.4. The third kappa shape index (κ3) is 4.56. The fourth-order valence-corrected chi connectivity index (χ4v) is 3.33. The maximum Gasteiger partial charge on any atom is 0.240 e. The molecule has 1 unspecified atom stereocenters. The van der Waals surface area contributed by atoms with Crippen molar-refractivity contribution in [2.75, 3.05) is 13.1 Å². The molecule has 0 bridgehead atoms. The summed E-state index contributed by atoms with van der Waals surface area (Å²) in [5.41, 5.74) is 6.70. The van der Waals surface area contributed by atoms with Gasteiger partial charge in [-0.2, -0.15) is 0 Å². The summed E-state index contributed by atoms with van der Waals surface area (Å²) in [6.07, 6.45) is 1.34. The average Bonchev–Trinajstić information content (AvgIpc) is 2.50. The highest BCUT2D eigenvalue weighted by molar-refractivity contribution is 5.82. The largest absolute Gasteiger partial charge is 0.785 e. The summed E-state index contributed by atoms with van der Waals surface area (Å²) in [6.45, 7) is 8.77. The standard InChI is InChI=1S/C19H30N3O2/c1-14(2)10-16-12-22(24)19(3,4)13-21(16)18(23)17(20)11-15-8-6-5-7-9-15/h5-9,14,16-17H,10-13,20H2,1-4H3/q-1/t16?,17-/m0/s1. The SMILES string of the molecule is CC(C)CC1CN([O-])C(C)(C)CN1C(=O)[C@@H](N)Cc1ccccc1. The Kier molecular flexibility index (Phi) is 6.01. The first-order valence-corrected chi connectivity index (χ1v) is 8.75. The lowest BCUT2D eigenvalue weighted by Gasteiger charge is -2.55. The third-order valence-corrected chi connectivity index (χ3v) is 4.69. The fraction of sp³-hybridized carbons (Fsp3) is 0.632. The average molecular weight is 332 g/mol. The predicted molar refractivity (Wildman–Crippen MR) is 97.2 cm³/mol. The number of amides is 1. The number of carbonyl (C=O) groups excluding carboxylic acids is 1. The van der Waals surface area contributed by atoms with Gasteiger partial charge in [-0.3, -0.25) is 4.79 Å². The van der Waals surface area contributed by atoms with Crippen LogP contribution in [0.25, 0.3) is 0 Å². The van der Waals surface area contributed by atoms with E-state index in [0.717, 1.165) is 17.0 Å². The highest BCUT2D eigenvalue weighted by atomic mass is 16.5. The van der Waals surface area contributed by atoms with Gasteiger partial charge in [0.15, 0.2) is 0 Å². The molecule has 0 aromatic heterocycles. The highest BCUT2D eigenvalue weighted by Gasteiger charge is 2.38. The van der Waals surface area contributed by atoms with Crippen molar-refractivity contribution >= 4 is 5.91 Å². The van der Waals surface area contributed by atoms with Gasteiger partial charge in [0, 0.05) is 24.7 Å². The Hall–Kier alpha value is -1.43. The Morgan fingerprint density at radius 1 is 1.33 bits per heavy atom. The number of rotatable bonds is 5. The van der Waals surface area contributed by atoms with Gasteiger partial charge < -0.3 is 20.9 Å². The van der Waals surface area contributed by atoms with E-state index in [9.17, 15) is 10.0 Å². The second-order valence-corrected chi connectivity index (χ2v) is 7.92. The van der Waals surface area contributed by atoms with E-state index in [1.54, 1.807) is 0 Å². The maximum atomic E-state index is 13.0. The van der Waals surface area contributed by atoms with Crippen molar-refractivity contribution in [2.24, 2.45) is 11.7 Å². The van der Waals surface area contributed by atoms with Gasteiger partial charge >= 0.3 is 0 Å². The van der Waals surface area contributed by atoms with Crippen LogP contribution >= 0.6 is 0 Å². The zero-order chi connectivity index (χ0) is 17.9. The molecule has 0 spiro atoms. The van der Waals surface area contributed by atoms with Crippen LogP contribution in [0.4, 0.5) is 0 Å². The molecule has 5 nitrogen and oxygen atoms in total. The quantitative estimate of drug-likeness (QED) is 0.898. The van der Waals surface area contributed by atoms with E-state index >= 15 is 0 Å². The summed E-state index contributed by atoms with van der Waals surface area (Å²) in [6, 6.07) is 9.18. The molecule has 1 aliphatic heterocycles. The van der Waals surface area contributed by atoms with Gasteiger partial charge in [0.1, 0.15) is 0 Å². The van der Waals surface area contributed by atoms with Crippen LogP contribution in [0.1, 0.15) is 39.7 Å². The van der Waals surface area contributed by atoms with Crippen molar-refractivity contribution in [3.63, 3.8) is 0 Å². The first-order chi connectivity index (χ1) is 11.2. The number of hydroxylamine groups is 2. The molecule has 1 aliphatic rings. The van der Waals surface area contributed by atoms with Crippen LogP contribution in [0.3, 0.4) is 0 Å². The Labute approximate surface area is 145 Å². The van der Waals surface area contributed by atoms with Crippen molar-refractivity contribution in [1.29, 1.82) is 0 Å². The van der Waals surface area contributed by atoms with Crippen molar-refractivity contribution in [2.45, 2.75) is 58.2 Å². The van der Waals surface area contributed by atoms with Crippen LogP contribution in [0.5, 0.6) is 0 Å². The van der Waals surface area contributed by atoms with Crippen LogP contribution in [0.2, 0.25) is 0 Å². The number of carbonyl (C=O) groups is 1. The van der Waals surface area contributed by atoms with Crippen molar-refractivity contribution < 1.29 is 4.79 Å². The molecule has 0 saturated carbocycles. The predicted octanol–water partition coefficient (Wildman–Crippen LogP) is 2.39. The Morgan fingerprint density at radius 2 is 1.96 bits per heavy atom. The molecule has 24 heavy (non-hydrogen) atoms. The third-order valence-electron chi connectivity index (χ3n) is 4.69. The van der Waals surface area contributed by atoms with Crippen LogP contribution in [-0.2, 0) is 11.2 Å². The second-order valence-electron chi connectivity index (χ2n) is 7.92. The number of piperazine rings is 1. The van der Waals surface area contributed by atoms with E-state index in [0.29, 0.717) is 25.4 Å². The minimum atomic E-state index is -0.574. The summed E-state index contributed by atoms with van der Waals surface area (Å²) in [5.74, 6) is 0.371. The first-order valence-electron chi connectivity index (χ1n) is 8.75. The lowest BCUT2D eigenvalue weighted by Crippen LogP contribution is -2.65. The minimum Gasteiger partial charge on any atom is -0.785 e. The number of nitrogens with zero attached hydrogens (tertiary/aromatic N) is 2. The van der Waals surface area contributed by atoms with Gasteiger partial charge in [0.05, 0.1) is 6.04 Å². The first kappa shape index (κ1) is 18.9. The van der Waals surface area contributed by atoms with Crippen LogP contribution in [0, 0.1) is 11.1 Å². The Bertz CT molecular complexity index is 545. The molecular formula is C19H30N3O2-. The number of hydrogen-bond acceptors (Lipinski definition) is 4. The molecule has 0 radical (unpaired) electrons. The van der Waals surface area contributed by atoms with Crippen LogP contribution in [0.15, 0.2) is 30.3 Å². The minimum absolute atomic E-state index is 0.0503. The zero-order valence-corrected chi connectivity index (χ0v) is 15.2. The molecule has 134 valence electrons. The molecule has 5 heteroatoms. The van der Waals surface area contributed by atoms with E-state index in [-0.39, 0.29) is 11.9 Å². The van der Waals surface area contributed by atoms with E-state index in [1.165, 1.54) is 0 Å². The Morgan fingerprint density at radius 3 is 2.54 bits per heavy atom. The van der Waals surface area contributed by atoms with E-state index in [1.807, 2.05) is 49.1 Å². The van der Waals surface area contributed by atoms with E-state index < -0.39 is 11.6 Å². The fourth-order valence-electron chi connectivity index (χ4n) is 3.33. The van der Waals surface area contributed by atoms with E-state index in [2.05, 4.69) is 13.8 Å². The molecule has 2 atom stereocenters. The molecule has 1 amide bonds. The maximum absolute atomic E-state index is 13.0. The molecule has 0 aliphatic carbocycles. The van der Waals surface area contributed by atoms with Gasteiger partial charge in [-0.25, -0.2) is 0 Å². The summed E-state index contributed by atoms with van der Waals surface area (Å²) in [4.78, 5) is 14.8. The lowest BCUT2D eigenvalue weighted by atomic mass is 9.92. The van der Waals surface area contributed by atoms with Gasteiger partial charge in [-0.15, -0.1) is 0 Å². The molecule has 2 rings (SSSR count). The van der Waals surface area contributed by atoms with Gasteiger partial charge in [-0.05, 0) is 38.2 Å². The number of benzene rings is 1. The van der Waals surface area contributed by atoms with Crippen molar-refractivity contribution in [1.82, 2.24) is 9.96 Å². The highest BCUT2D eigenvalue weighted by Crippen LogP contribution is 2.27. The zero-order valence-electron chi connectivity index (χ0n) is 15.2. The van der Waals surface area contributed by atoms with Gasteiger partial charge in [0.2, 0.25) is 5.91 Å². The molecule has 1 heterocycles. The second kappa shape index (κ2) is 7.64. The van der Waals surface area contributed by atoms with Crippen LogP contribution < -0.4 is 5.73 Å². The van der Waals surface area contributed by atoms with Crippen LogP contribution in [-0.4, -0.2) is 46.6 Å². The molecule has 1 saturated heterocycles. The number of nitrogens with two attached hydrogens (primary N) is 1. The topological polar surface area (TPSA) is 72.6 Å². The molecular weight excluding hydrogens is 302 g/mol. The summed E-state index contributed by atoms with van der Waals surface area (Å²) >= 11 is 0. The molecule has 2 N–H and O–H groups in total. The molecule has 1 aromatic carbocycles. The lowest BCUT2D eigenvalue weighted by molar-refractivity contribution is -0.141. The van der Waals surface area contributed by atoms with Crippen molar-refractivity contribution in [3.05, 3.63) is 41.1 Å². The summed E-state index contributed by atoms with van der Waals surface area (Å²) < 4.78 is 0. The number of hydrogen-bond donors (Lipinski definition) is 1. The Balaban J connectivity index is 2.13. The van der Waals surface area contributed by atoms with Gasteiger partial charge in [-0.1, -0.05) is 44.2 Å². The summed E-state index contributed by atoms with van der Waals surface area (Å²) in [7, 11) is 0. The van der Waals surface area contributed by atoms with Crippen molar-refractivity contribution in [3.8, 4) is 0 Å². The molecule has 1 fully saturated rings. The van der Waals surface area contributed by atoms with E-state index in [4.69, 9.17) is 5.73 Å².